The molecule has 0 radical (unpaired) electrons. The van der Waals surface area contributed by atoms with E-state index in [2.05, 4.69) is 25.5 Å². The maximum Gasteiger partial charge on any atom is 0.416 e. The van der Waals surface area contributed by atoms with Crippen molar-refractivity contribution >= 4 is 63.4 Å². The van der Waals surface area contributed by atoms with Crippen LogP contribution in [0.4, 0.5) is 35.2 Å². The van der Waals surface area contributed by atoms with Crippen LogP contribution in [-0.4, -0.2) is 108 Å². The van der Waals surface area contributed by atoms with Gasteiger partial charge in [-0.1, -0.05) is 11.6 Å². The number of piperidine rings is 1. The fourth-order valence-electron chi connectivity index (χ4n) is 9.85. The number of halogens is 4. The minimum absolute atomic E-state index is 0.0252. The number of likely N-dealkylation sites (tertiary alicyclic amines) is 1. The normalized spacial score (nSPS) is 20.8. The smallest absolute Gasteiger partial charge is 0.416 e. The van der Waals surface area contributed by atoms with Crippen molar-refractivity contribution in [2.75, 3.05) is 75.4 Å². The minimum Gasteiger partial charge on any atom is -0.496 e. The summed E-state index contributed by atoms with van der Waals surface area (Å²) in [7, 11) is 1.63. The van der Waals surface area contributed by atoms with Crippen molar-refractivity contribution < 1.29 is 37.1 Å². The Labute approximate surface area is 381 Å². The van der Waals surface area contributed by atoms with Crippen LogP contribution >= 0.6 is 11.6 Å². The zero-order valence-electron chi connectivity index (χ0n) is 36.8. The molecule has 5 amide bonds. The molecule has 14 nitrogen and oxygen atoms in total. The first-order valence-corrected chi connectivity index (χ1v) is 22.7. The monoisotopic (exact) mass is 917 g/mol. The second-order valence-corrected chi connectivity index (χ2v) is 18.2. The standard InChI is InChI=1S/C47H55ClF3N9O5/c1-27(33-20-34(47(49,50)51)23-35(52)21-33)53-43-37-24-36(41(65-3)25-39(37)54-28(2)55-43)30-4-6-31(7-5-30)44(62)59-18-16-57(17-19-59)26-29-10-13-58(14-11-29)45(63)32-8-9-38(48)40(22-32)60-15-12-42(61)56-46(60)64/h8-9,20-25,27,29-31H,4-7,10-19,26,52H2,1-3H3,(H,53,54,55)(H,56,61,64)/t27-,30-,31-/m1/s1. The Bertz CT molecular complexity index is 2470. The highest BCUT2D eigenvalue weighted by Gasteiger charge is 2.35. The van der Waals surface area contributed by atoms with Gasteiger partial charge in [-0.2, -0.15) is 13.2 Å². The molecule has 4 N–H and O–H groups in total. The maximum absolute atomic E-state index is 13.9. The number of methoxy groups -OCH3 is 1. The molecular formula is C47H55ClF3N9O5. The van der Waals surface area contributed by atoms with Gasteiger partial charge in [0.05, 0.1) is 34.9 Å². The van der Waals surface area contributed by atoms with E-state index in [1.807, 2.05) is 21.9 Å². The number of nitrogens with one attached hydrogen (secondary N) is 2. The van der Waals surface area contributed by atoms with Crippen LogP contribution < -0.4 is 26.0 Å². The van der Waals surface area contributed by atoms with Gasteiger partial charge in [0.1, 0.15) is 17.4 Å². The molecule has 1 aromatic heterocycles. The zero-order valence-corrected chi connectivity index (χ0v) is 37.6. The summed E-state index contributed by atoms with van der Waals surface area (Å²) in [5.41, 5.74) is 7.96. The number of aryl methyl sites for hydroxylation is 1. The Balaban J connectivity index is 0.825. The van der Waals surface area contributed by atoms with Crippen molar-refractivity contribution in [2.45, 2.75) is 76.9 Å². The third kappa shape index (κ3) is 10.3. The van der Waals surface area contributed by atoms with Crippen LogP contribution in [0, 0.1) is 18.8 Å². The molecule has 3 aromatic carbocycles. The molecule has 1 saturated carbocycles. The first-order valence-electron chi connectivity index (χ1n) is 22.4. The molecule has 1 atom stereocenters. The number of hydrogen-bond acceptors (Lipinski definition) is 10. The molecular weight excluding hydrogens is 863 g/mol. The summed E-state index contributed by atoms with van der Waals surface area (Å²) >= 11 is 6.41. The fourth-order valence-corrected chi connectivity index (χ4v) is 10.1. The number of rotatable bonds is 10. The molecule has 3 aliphatic heterocycles. The van der Waals surface area contributed by atoms with Gasteiger partial charge in [-0.05, 0) is 118 Å². The van der Waals surface area contributed by atoms with Crippen molar-refractivity contribution in [3.63, 3.8) is 0 Å². The molecule has 0 spiro atoms. The highest BCUT2D eigenvalue weighted by Crippen LogP contribution is 2.43. The van der Waals surface area contributed by atoms with E-state index in [-0.39, 0.29) is 48.2 Å². The molecule has 4 aliphatic rings. The van der Waals surface area contributed by atoms with E-state index in [0.717, 1.165) is 81.2 Å². The summed E-state index contributed by atoms with van der Waals surface area (Å²) in [6.07, 6.45) is 0.448. The molecule has 8 rings (SSSR count). The van der Waals surface area contributed by atoms with Crippen molar-refractivity contribution in [1.82, 2.24) is 30.0 Å². The molecule has 3 saturated heterocycles. The Hall–Kier alpha value is -5.68. The number of carbonyl (C=O) groups excluding carboxylic acids is 4. The number of urea groups is 1. The average molecular weight is 918 g/mol. The number of piperazine rings is 1. The number of ether oxygens (including phenoxy) is 1. The van der Waals surface area contributed by atoms with E-state index in [4.69, 9.17) is 22.1 Å². The van der Waals surface area contributed by atoms with Crippen LogP contribution in [-0.2, 0) is 15.8 Å². The number of hydrogen-bond donors (Lipinski definition) is 3. The quantitative estimate of drug-likeness (QED) is 0.134. The van der Waals surface area contributed by atoms with E-state index in [1.165, 1.54) is 11.0 Å². The molecule has 65 heavy (non-hydrogen) atoms. The van der Waals surface area contributed by atoms with Crippen molar-refractivity contribution in [3.8, 4) is 5.75 Å². The zero-order chi connectivity index (χ0) is 46.2. The van der Waals surface area contributed by atoms with E-state index in [0.29, 0.717) is 76.8 Å². The van der Waals surface area contributed by atoms with E-state index >= 15 is 0 Å². The Morgan fingerprint density at radius 2 is 1.65 bits per heavy atom. The predicted octanol–water partition coefficient (Wildman–Crippen LogP) is 7.79. The molecule has 18 heteroatoms. The number of nitrogen functional groups attached to an aromatic ring is 1. The summed E-state index contributed by atoms with van der Waals surface area (Å²) in [6.45, 7) is 8.84. The SMILES string of the molecule is COc1cc2nc(C)nc(N[C@H](C)c3cc(N)cc(C(F)(F)F)c3)c2cc1[C@H]1CC[C@H](C(=O)N2CCN(CC3CCN(C(=O)c4ccc(Cl)c(N5CCC(=O)NC5=O)c4)CC3)CC2)CC1. The lowest BCUT2D eigenvalue weighted by Crippen LogP contribution is -2.52. The highest BCUT2D eigenvalue weighted by molar-refractivity contribution is 6.34. The first-order chi connectivity index (χ1) is 31.0. The Morgan fingerprint density at radius 1 is 0.923 bits per heavy atom. The number of anilines is 3. The van der Waals surface area contributed by atoms with E-state index < -0.39 is 23.8 Å². The number of amides is 5. The Morgan fingerprint density at radius 3 is 2.32 bits per heavy atom. The van der Waals surface area contributed by atoms with Crippen molar-refractivity contribution in [3.05, 3.63) is 81.6 Å². The van der Waals surface area contributed by atoms with Crippen LogP contribution in [0.25, 0.3) is 10.9 Å². The van der Waals surface area contributed by atoms with E-state index in [1.54, 1.807) is 39.2 Å². The predicted molar refractivity (Wildman–Crippen MR) is 242 cm³/mol. The van der Waals surface area contributed by atoms with Crippen LogP contribution in [0.15, 0.2) is 48.5 Å². The second kappa shape index (κ2) is 19.0. The topological polar surface area (TPSA) is 166 Å². The van der Waals surface area contributed by atoms with Gasteiger partial charge in [-0.25, -0.2) is 14.8 Å². The third-order valence-electron chi connectivity index (χ3n) is 13.5. The summed E-state index contributed by atoms with van der Waals surface area (Å²) in [5.74, 6) is 1.95. The van der Waals surface area contributed by atoms with E-state index in [9.17, 15) is 32.3 Å². The molecule has 4 aromatic rings. The van der Waals surface area contributed by atoms with Crippen molar-refractivity contribution in [1.29, 1.82) is 0 Å². The summed E-state index contributed by atoms with van der Waals surface area (Å²) in [5, 5.41) is 6.68. The molecule has 346 valence electrons. The molecule has 4 fully saturated rings. The lowest BCUT2D eigenvalue weighted by molar-refractivity contribution is -0.139. The molecule has 0 bridgehead atoms. The lowest BCUT2D eigenvalue weighted by Gasteiger charge is -2.40. The summed E-state index contributed by atoms with van der Waals surface area (Å²) in [4.78, 5) is 68.5. The number of nitrogens with zero attached hydrogens (tertiary/aromatic N) is 6. The van der Waals surface area contributed by atoms with Gasteiger partial charge >= 0.3 is 12.2 Å². The van der Waals surface area contributed by atoms with Crippen LogP contribution in [0.3, 0.4) is 0 Å². The number of imide groups is 1. The highest BCUT2D eigenvalue weighted by atomic mass is 35.5. The van der Waals surface area contributed by atoms with Gasteiger partial charge in [0, 0.05) is 87.4 Å². The fraction of sp³-hybridized carbons (Fsp3) is 0.489. The third-order valence-corrected chi connectivity index (χ3v) is 13.8. The lowest BCUT2D eigenvalue weighted by atomic mass is 9.77. The first kappa shape index (κ1) is 45.9. The van der Waals surface area contributed by atoms with Gasteiger partial charge in [0.15, 0.2) is 0 Å². The largest absolute Gasteiger partial charge is 0.496 e. The van der Waals surface area contributed by atoms with Crippen LogP contribution in [0.1, 0.15) is 96.7 Å². The minimum atomic E-state index is -4.53. The molecule has 0 unspecified atom stereocenters. The number of aromatic nitrogens is 2. The number of benzene rings is 3. The Kier molecular flexibility index (Phi) is 13.4. The second-order valence-electron chi connectivity index (χ2n) is 17.8. The number of carbonyl (C=O) groups is 4. The van der Waals surface area contributed by atoms with Gasteiger partial charge in [0.2, 0.25) is 11.8 Å². The average Bonchev–Trinajstić information content (AvgIpc) is 3.28. The van der Waals surface area contributed by atoms with Crippen LogP contribution in [0.5, 0.6) is 5.75 Å². The summed E-state index contributed by atoms with van der Waals surface area (Å²) in [6, 6.07) is 11.3. The maximum atomic E-state index is 13.9. The van der Waals surface area contributed by atoms with Crippen molar-refractivity contribution in [2.24, 2.45) is 11.8 Å². The number of nitrogens with two attached hydrogens (primary N) is 1. The van der Waals surface area contributed by atoms with Gasteiger partial charge < -0.3 is 25.6 Å². The van der Waals surface area contributed by atoms with Gasteiger partial charge in [-0.15, -0.1) is 0 Å². The number of alkyl halides is 3. The van der Waals surface area contributed by atoms with Crippen LogP contribution in [0.2, 0.25) is 5.02 Å². The molecule has 4 heterocycles. The number of fused-ring (bicyclic) bond motifs is 1. The van der Waals surface area contributed by atoms with Gasteiger partial charge in [0.25, 0.3) is 5.91 Å². The summed E-state index contributed by atoms with van der Waals surface area (Å²) < 4.78 is 46.7. The van der Waals surface area contributed by atoms with Gasteiger partial charge in [-0.3, -0.25) is 29.5 Å². The molecule has 1 aliphatic carbocycles.